The molecular formula is C10H10N2O6. The minimum absolute atomic E-state index is 0.162. The van der Waals surface area contributed by atoms with E-state index in [1.807, 2.05) is 0 Å². The van der Waals surface area contributed by atoms with E-state index in [0.29, 0.717) is 0 Å². The van der Waals surface area contributed by atoms with Gasteiger partial charge in [-0.1, -0.05) is 6.07 Å². The molecule has 0 fully saturated rings. The molecule has 0 spiro atoms. The van der Waals surface area contributed by atoms with Gasteiger partial charge in [-0.05, 0) is 6.07 Å². The number of nitrogens with two attached hydrogens (primary N) is 1. The Morgan fingerprint density at radius 1 is 1.44 bits per heavy atom. The van der Waals surface area contributed by atoms with E-state index in [2.05, 4.69) is 0 Å². The fraction of sp³-hybridized carbons (Fsp3) is 0.200. The average Bonchev–Trinajstić information content (AvgIpc) is 2.28. The van der Waals surface area contributed by atoms with Crippen LogP contribution in [0.1, 0.15) is 16.8 Å². The number of carboxylic acid groups (broad SMARTS) is 1. The number of nitrogens with zero attached hydrogens (tertiary/aromatic N) is 1. The number of hydrogen-bond acceptors (Lipinski definition) is 5. The normalized spacial score (nSPS) is 9.78. The predicted molar refractivity (Wildman–Crippen MR) is 59.4 cm³/mol. The first kappa shape index (κ1) is 13.4. The van der Waals surface area contributed by atoms with Crippen LogP contribution < -0.4 is 10.5 Å². The lowest BCUT2D eigenvalue weighted by Crippen LogP contribution is -2.15. The Balaban J connectivity index is 3.07. The van der Waals surface area contributed by atoms with Crippen LogP contribution >= 0.6 is 0 Å². The topological polar surface area (TPSA) is 133 Å². The first-order chi connectivity index (χ1) is 8.43. The zero-order valence-corrected chi connectivity index (χ0v) is 9.16. The van der Waals surface area contributed by atoms with Crippen molar-refractivity contribution in [3.63, 3.8) is 0 Å². The number of benzene rings is 1. The minimum Gasteiger partial charge on any atom is -0.486 e. The average molecular weight is 254 g/mol. The zero-order valence-electron chi connectivity index (χ0n) is 9.16. The summed E-state index contributed by atoms with van der Waals surface area (Å²) in [5.41, 5.74) is 4.07. The van der Waals surface area contributed by atoms with E-state index < -0.39 is 22.5 Å². The van der Waals surface area contributed by atoms with E-state index in [-0.39, 0.29) is 24.3 Å². The number of aromatic carboxylic acids is 1. The molecule has 0 saturated carbocycles. The highest BCUT2D eigenvalue weighted by Crippen LogP contribution is 2.30. The zero-order chi connectivity index (χ0) is 13.7. The van der Waals surface area contributed by atoms with Gasteiger partial charge in [0.15, 0.2) is 0 Å². The van der Waals surface area contributed by atoms with Crippen LogP contribution in [0.5, 0.6) is 5.75 Å². The molecule has 8 nitrogen and oxygen atoms in total. The SMILES string of the molecule is NC(=O)CCOc1c(C(=O)O)cccc1[N+](=O)[O-]. The smallest absolute Gasteiger partial charge is 0.339 e. The van der Waals surface area contributed by atoms with Crippen LogP contribution in [0.25, 0.3) is 0 Å². The van der Waals surface area contributed by atoms with Crippen LogP contribution in [0, 0.1) is 10.1 Å². The molecule has 0 aliphatic carbocycles. The Morgan fingerprint density at radius 3 is 2.61 bits per heavy atom. The number of primary amides is 1. The Kier molecular flexibility index (Phi) is 4.19. The van der Waals surface area contributed by atoms with Gasteiger partial charge in [-0.2, -0.15) is 0 Å². The lowest BCUT2D eigenvalue weighted by molar-refractivity contribution is -0.385. The standard InChI is InChI=1S/C10H10N2O6/c11-8(13)4-5-18-9-6(10(14)15)2-1-3-7(9)12(16)17/h1-3H,4-5H2,(H2,11,13)(H,14,15). The van der Waals surface area contributed by atoms with Crippen LogP contribution in [-0.4, -0.2) is 28.5 Å². The van der Waals surface area contributed by atoms with Gasteiger partial charge in [0.05, 0.1) is 18.0 Å². The molecule has 3 N–H and O–H groups in total. The molecule has 0 radical (unpaired) electrons. The molecule has 0 aromatic heterocycles. The molecule has 0 atom stereocenters. The Hall–Kier alpha value is -2.64. The van der Waals surface area contributed by atoms with Crippen molar-refractivity contribution in [2.24, 2.45) is 5.73 Å². The summed E-state index contributed by atoms with van der Waals surface area (Å²) in [4.78, 5) is 31.4. The summed E-state index contributed by atoms with van der Waals surface area (Å²) >= 11 is 0. The maximum atomic E-state index is 10.9. The first-order valence-corrected chi connectivity index (χ1v) is 4.85. The molecule has 0 aliphatic rings. The fourth-order valence-electron chi connectivity index (χ4n) is 1.24. The van der Waals surface area contributed by atoms with Crippen LogP contribution in [0.15, 0.2) is 18.2 Å². The molecule has 18 heavy (non-hydrogen) atoms. The van der Waals surface area contributed by atoms with Crippen LogP contribution in [0.4, 0.5) is 5.69 Å². The quantitative estimate of drug-likeness (QED) is 0.562. The van der Waals surface area contributed by atoms with Gasteiger partial charge in [0.2, 0.25) is 11.7 Å². The third-order valence-corrected chi connectivity index (χ3v) is 2.02. The molecular weight excluding hydrogens is 244 g/mol. The number of carbonyl (C=O) groups excluding carboxylic acids is 1. The maximum absolute atomic E-state index is 10.9. The van der Waals surface area contributed by atoms with Crippen LogP contribution in [0.2, 0.25) is 0 Å². The Labute approximate surface area is 101 Å². The highest BCUT2D eigenvalue weighted by Gasteiger charge is 2.22. The molecule has 1 rings (SSSR count). The van der Waals surface area contributed by atoms with Gasteiger partial charge in [-0.15, -0.1) is 0 Å². The summed E-state index contributed by atoms with van der Waals surface area (Å²) in [6, 6.07) is 3.53. The van der Waals surface area contributed by atoms with Crippen molar-refractivity contribution in [3.05, 3.63) is 33.9 Å². The van der Waals surface area contributed by atoms with Crippen molar-refractivity contribution >= 4 is 17.6 Å². The number of ether oxygens (including phenoxy) is 1. The van der Waals surface area contributed by atoms with Crippen LogP contribution in [0.3, 0.4) is 0 Å². The molecule has 1 aromatic rings. The number of amides is 1. The number of carbonyl (C=O) groups is 2. The second-order valence-electron chi connectivity index (χ2n) is 3.28. The summed E-state index contributed by atoms with van der Waals surface area (Å²) < 4.78 is 4.98. The van der Waals surface area contributed by atoms with E-state index >= 15 is 0 Å². The molecule has 0 unspecified atom stereocenters. The fourth-order valence-corrected chi connectivity index (χ4v) is 1.24. The minimum atomic E-state index is -1.35. The third-order valence-electron chi connectivity index (χ3n) is 2.02. The van der Waals surface area contributed by atoms with Crippen LogP contribution in [-0.2, 0) is 4.79 Å². The van der Waals surface area contributed by atoms with E-state index in [1.54, 1.807) is 0 Å². The maximum Gasteiger partial charge on any atom is 0.339 e. The van der Waals surface area contributed by atoms with E-state index in [9.17, 15) is 19.7 Å². The molecule has 1 amide bonds. The third kappa shape index (κ3) is 3.17. The molecule has 0 heterocycles. The number of carboxylic acids is 1. The number of rotatable bonds is 6. The number of nitro groups is 1. The number of nitro benzene ring substituents is 1. The van der Waals surface area contributed by atoms with Crippen molar-refractivity contribution < 1.29 is 24.4 Å². The molecule has 0 bridgehead atoms. The molecule has 8 heteroatoms. The second kappa shape index (κ2) is 5.62. The van der Waals surface area contributed by atoms with Gasteiger partial charge in [0.1, 0.15) is 5.56 Å². The summed E-state index contributed by atoms with van der Waals surface area (Å²) in [5.74, 6) is -2.38. The lowest BCUT2D eigenvalue weighted by atomic mass is 10.1. The highest BCUT2D eigenvalue weighted by atomic mass is 16.6. The largest absolute Gasteiger partial charge is 0.486 e. The lowest BCUT2D eigenvalue weighted by Gasteiger charge is -2.08. The van der Waals surface area contributed by atoms with Gasteiger partial charge in [0.25, 0.3) is 0 Å². The van der Waals surface area contributed by atoms with Gasteiger partial charge >= 0.3 is 11.7 Å². The summed E-state index contributed by atoms with van der Waals surface area (Å²) in [6.45, 7) is -0.222. The van der Waals surface area contributed by atoms with Crippen molar-refractivity contribution in [2.45, 2.75) is 6.42 Å². The molecule has 1 aromatic carbocycles. The Morgan fingerprint density at radius 2 is 2.11 bits per heavy atom. The summed E-state index contributed by atoms with van der Waals surface area (Å²) in [7, 11) is 0. The van der Waals surface area contributed by atoms with Crippen molar-refractivity contribution in [2.75, 3.05) is 6.61 Å². The number of hydrogen-bond donors (Lipinski definition) is 2. The highest BCUT2D eigenvalue weighted by molar-refractivity contribution is 5.92. The van der Waals surface area contributed by atoms with Crippen molar-refractivity contribution in [1.82, 2.24) is 0 Å². The first-order valence-electron chi connectivity index (χ1n) is 4.85. The molecule has 96 valence electrons. The van der Waals surface area contributed by atoms with E-state index in [1.165, 1.54) is 12.1 Å². The van der Waals surface area contributed by atoms with E-state index in [0.717, 1.165) is 6.07 Å². The van der Waals surface area contributed by atoms with Crippen molar-refractivity contribution in [1.29, 1.82) is 0 Å². The van der Waals surface area contributed by atoms with Gasteiger partial charge < -0.3 is 15.6 Å². The van der Waals surface area contributed by atoms with Gasteiger partial charge in [0, 0.05) is 6.07 Å². The molecule has 0 saturated heterocycles. The Bertz CT molecular complexity index is 467. The number of para-hydroxylation sites is 1. The van der Waals surface area contributed by atoms with Gasteiger partial charge in [-0.25, -0.2) is 4.79 Å². The summed E-state index contributed by atoms with van der Waals surface area (Å²) in [5, 5.41) is 19.6. The second-order valence-corrected chi connectivity index (χ2v) is 3.28. The summed E-state index contributed by atoms with van der Waals surface area (Å²) in [6.07, 6.45) is -0.162. The molecule has 0 aliphatic heterocycles. The van der Waals surface area contributed by atoms with E-state index in [4.69, 9.17) is 15.6 Å². The monoisotopic (exact) mass is 254 g/mol. The van der Waals surface area contributed by atoms with Gasteiger partial charge in [-0.3, -0.25) is 14.9 Å². The van der Waals surface area contributed by atoms with Crippen molar-refractivity contribution in [3.8, 4) is 5.75 Å². The predicted octanol–water partition coefficient (Wildman–Crippen LogP) is 0.547.